The normalized spacial score (nSPS) is 24.5. The lowest BCUT2D eigenvalue weighted by Gasteiger charge is -2.36. The van der Waals surface area contributed by atoms with Crippen LogP contribution in [-0.2, 0) is 11.2 Å². The van der Waals surface area contributed by atoms with Gasteiger partial charge in [-0.3, -0.25) is 4.79 Å². The maximum Gasteiger partial charge on any atom is 0.224 e. The van der Waals surface area contributed by atoms with Gasteiger partial charge in [-0.2, -0.15) is 5.26 Å². The second kappa shape index (κ2) is 7.35. The number of hydrogen-bond acceptors (Lipinski definition) is 2. The van der Waals surface area contributed by atoms with E-state index < -0.39 is 0 Å². The highest BCUT2D eigenvalue weighted by Gasteiger charge is 2.36. The maximum absolute atomic E-state index is 12.1. The predicted molar refractivity (Wildman–Crippen MR) is 88.9 cm³/mol. The number of nitrogens with zero attached hydrogens (tertiary/aromatic N) is 1. The summed E-state index contributed by atoms with van der Waals surface area (Å²) < 4.78 is 0. The van der Waals surface area contributed by atoms with E-state index in [1.807, 2.05) is 6.92 Å². The number of carbonyl (C=O) groups excluding carboxylic acids is 1. The Labute approximate surface area is 141 Å². The highest BCUT2D eigenvalue weighted by Crippen LogP contribution is 2.40. The molecule has 0 saturated heterocycles. The van der Waals surface area contributed by atoms with E-state index in [1.165, 1.54) is 0 Å². The molecule has 1 saturated carbocycles. The van der Waals surface area contributed by atoms with E-state index in [9.17, 15) is 10.1 Å². The Bertz CT molecular complexity index is 597. The van der Waals surface area contributed by atoms with Crippen LogP contribution in [0.2, 0.25) is 10.0 Å². The third-order valence-electron chi connectivity index (χ3n) is 4.57. The van der Waals surface area contributed by atoms with Gasteiger partial charge in [0.15, 0.2) is 0 Å². The standard InChI is InChI=1S/C17H20Cl2N2O/c1-17(11-20)7-3-2-4-13(17)10-21-16(22)8-12-5-6-14(18)9-15(12)19/h5-6,9,13H,2-4,7-8,10H2,1H3,(H,21,22). The fraction of sp³-hybridized carbons (Fsp3) is 0.529. The Morgan fingerprint density at radius 1 is 1.45 bits per heavy atom. The van der Waals surface area contributed by atoms with Crippen LogP contribution in [0.5, 0.6) is 0 Å². The molecule has 1 aliphatic carbocycles. The minimum atomic E-state index is -0.330. The fourth-order valence-corrected chi connectivity index (χ4v) is 3.49. The molecule has 0 radical (unpaired) electrons. The lowest BCUT2D eigenvalue weighted by atomic mass is 9.68. The molecule has 5 heteroatoms. The van der Waals surface area contributed by atoms with Crippen molar-refractivity contribution in [2.24, 2.45) is 11.3 Å². The highest BCUT2D eigenvalue weighted by atomic mass is 35.5. The Kier molecular flexibility index (Phi) is 5.72. The van der Waals surface area contributed by atoms with Crippen LogP contribution in [0.3, 0.4) is 0 Å². The molecule has 22 heavy (non-hydrogen) atoms. The van der Waals surface area contributed by atoms with Crippen LogP contribution < -0.4 is 5.32 Å². The van der Waals surface area contributed by atoms with Crippen molar-refractivity contribution in [2.75, 3.05) is 6.54 Å². The molecule has 0 aliphatic heterocycles. The van der Waals surface area contributed by atoms with Crippen molar-refractivity contribution in [3.05, 3.63) is 33.8 Å². The number of carbonyl (C=O) groups is 1. The van der Waals surface area contributed by atoms with Crippen molar-refractivity contribution in [1.29, 1.82) is 5.26 Å². The summed E-state index contributed by atoms with van der Waals surface area (Å²) in [6.45, 7) is 2.55. The first kappa shape index (κ1) is 17.1. The van der Waals surface area contributed by atoms with Gasteiger partial charge >= 0.3 is 0 Å². The molecule has 2 unspecified atom stereocenters. The molecule has 3 nitrogen and oxygen atoms in total. The molecule has 2 rings (SSSR count). The van der Waals surface area contributed by atoms with E-state index >= 15 is 0 Å². The first-order valence-electron chi connectivity index (χ1n) is 7.56. The van der Waals surface area contributed by atoms with Crippen LogP contribution in [0, 0.1) is 22.7 Å². The van der Waals surface area contributed by atoms with Gasteiger partial charge < -0.3 is 5.32 Å². The summed E-state index contributed by atoms with van der Waals surface area (Å²) in [5.41, 5.74) is 0.430. The number of halogens is 2. The summed E-state index contributed by atoms with van der Waals surface area (Å²) in [7, 11) is 0. The highest BCUT2D eigenvalue weighted by molar-refractivity contribution is 6.35. The third kappa shape index (κ3) is 4.15. The molecule has 1 fully saturated rings. The van der Waals surface area contributed by atoms with E-state index in [0.717, 1.165) is 31.2 Å². The van der Waals surface area contributed by atoms with Gasteiger partial charge in [0.25, 0.3) is 0 Å². The quantitative estimate of drug-likeness (QED) is 0.885. The van der Waals surface area contributed by atoms with Crippen LogP contribution in [0.15, 0.2) is 18.2 Å². The monoisotopic (exact) mass is 338 g/mol. The van der Waals surface area contributed by atoms with Gasteiger partial charge in [0.05, 0.1) is 17.9 Å². The molecule has 1 amide bonds. The van der Waals surface area contributed by atoms with Crippen molar-refractivity contribution < 1.29 is 4.79 Å². The Morgan fingerprint density at radius 3 is 2.91 bits per heavy atom. The lowest BCUT2D eigenvalue weighted by molar-refractivity contribution is -0.120. The van der Waals surface area contributed by atoms with E-state index in [4.69, 9.17) is 23.2 Å². The summed E-state index contributed by atoms with van der Waals surface area (Å²) in [5.74, 6) is 0.144. The average molecular weight is 339 g/mol. The molecule has 1 N–H and O–H groups in total. The predicted octanol–water partition coefficient (Wildman–Crippen LogP) is 4.37. The van der Waals surface area contributed by atoms with E-state index in [0.29, 0.717) is 16.6 Å². The molecule has 2 atom stereocenters. The van der Waals surface area contributed by atoms with Crippen molar-refractivity contribution in [3.8, 4) is 6.07 Å². The molecule has 0 spiro atoms. The molecular weight excluding hydrogens is 319 g/mol. The van der Waals surface area contributed by atoms with Gasteiger partial charge in [0, 0.05) is 16.6 Å². The van der Waals surface area contributed by atoms with Crippen LogP contribution in [-0.4, -0.2) is 12.5 Å². The van der Waals surface area contributed by atoms with Crippen LogP contribution >= 0.6 is 23.2 Å². The number of rotatable bonds is 4. The minimum Gasteiger partial charge on any atom is -0.355 e. The smallest absolute Gasteiger partial charge is 0.224 e. The van der Waals surface area contributed by atoms with Crippen molar-refractivity contribution in [2.45, 2.75) is 39.0 Å². The Balaban J connectivity index is 1.91. The largest absolute Gasteiger partial charge is 0.355 e. The van der Waals surface area contributed by atoms with E-state index in [1.54, 1.807) is 18.2 Å². The molecular formula is C17H20Cl2N2O. The molecule has 0 heterocycles. The van der Waals surface area contributed by atoms with Crippen molar-refractivity contribution in [1.82, 2.24) is 5.32 Å². The molecule has 118 valence electrons. The van der Waals surface area contributed by atoms with Gasteiger partial charge in [-0.15, -0.1) is 0 Å². The summed E-state index contributed by atoms with van der Waals surface area (Å²) in [4.78, 5) is 12.1. The van der Waals surface area contributed by atoms with Crippen molar-refractivity contribution >= 4 is 29.1 Å². The van der Waals surface area contributed by atoms with Gasteiger partial charge in [-0.05, 0) is 43.4 Å². The Morgan fingerprint density at radius 2 is 2.23 bits per heavy atom. The lowest BCUT2D eigenvalue weighted by Crippen LogP contribution is -2.39. The van der Waals surface area contributed by atoms with Crippen LogP contribution in [0.25, 0.3) is 0 Å². The molecule has 1 aromatic rings. The topological polar surface area (TPSA) is 52.9 Å². The van der Waals surface area contributed by atoms with Gasteiger partial charge in [-0.1, -0.05) is 42.1 Å². The number of nitrogens with one attached hydrogen (secondary N) is 1. The zero-order valence-electron chi connectivity index (χ0n) is 12.7. The fourth-order valence-electron chi connectivity index (χ4n) is 3.02. The third-order valence-corrected chi connectivity index (χ3v) is 5.15. The zero-order chi connectivity index (χ0) is 16.2. The van der Waals surface area contributed by atoms with Gasteiger partial charge in [-0.25, -0.2) is 0 Å². The number of amides is 1. The molecule has 1 aliphatic rings. The summed E-state index contributed by atoms with van der Waals surface area (Å²) in [6.07, 6.45) is 4.35. The van der Waals surface area contributed by atoms with Gasteiger partial charge in [0.2, 0.25) is 5.91 Å². The SMILES string of the molecule is CC1(C#N)CCCCC1CNC(=O)Cc1ccc(Cl)cc1Cl. The first-order valence-corrected chi connectivity index (χ1v) is 8.32. The Hall–Kier alpha value is -1.24. The minimum absolute atomic E-state index is 0.0740. The van der Waals surface area contributed by atoms with Crippen LogP contribution in [0.1, 0.15) is 38.2 Å². The summed E-state index contributed by atoms with van der Waals surface area (Å²) >= 11 is 11.9. The van der Waals surface area contributed by atoms with E-state index in [2.05, 4.69) is 11.4 Å². The molecule has 0 bridgehead atoms. The number of benzene rings is 1. The molecule has 1 aromatic carbocycles. The second-order valence-electron chi connectivity index (χ2n) is 6.19. The van der Waals surface area contributed by atoms with Crippen molar-refractivity contribution in [3.63, 3.8) is 0 Å². The second-order valence-corrected chi connectivity index (χ2v) is 7.03. The number of hydrogen-bond donors (Lipinski definition) is 1. The van der Waals surface area contributed by atoms with Gasteiger partial charge in [0.1, 0.15) is 0 Å². The summed E-state index contributed by atoms with van der Waals surface area (Å²) in [5, 5.41) is 13.4. The maximum atomic E-state index is 12.1. The van der Waals surface area contributed by atoms with E-state index in [-0.39, 0.29) is 23.7 Å². The van der Waals surface area contributed by atoms with Crippen LogP contribution in [0.4, 0.5) is 0 Å². The molecule has 0 aromatic heterocycles. The number of nitriles is 1. The first-order chi connectivity index (χ1) is 10.4. The average Bonchev–Trinajstić information content (AvgIpc) is 2.49. The zero-order valence-corrected chi connectivity index (χ0v) is 14.2. The summed E-state index contributed by atoms with van der Waals surface area (Å²) in [6, 6.07) is 7.56.